The first-order valence-corrected chi connectivity index (χ1v) is 7.94. The van der Waals surface area contributed by atoms with Crippen LogP contribution < -0.4 is 10.2 Å². The number of para-hydroxylation sites is 2. The van der Waals surface area contributed by atoms with Crippen LogP contribution >= 0.6 is 0 Å². The van der Waals surface area contributed by atoms with Gasteiger partial charge in [0.25, 0.3) is 0 Å². The zero-order chi connectivity index (χ0) is 15.2. The minimum atomic E-state index is 0.706. The van der Waals surface area contributed by atoms with Crippen LogP contribution in [-0.2, 0) is 6.54 Å². The highest BCUT2D eigenvalue weighted by atomic mass is 15.1. The number of nitrogens with zero attached hydrogens (tertiary/aromatic N) is 2. The summed E-state index contributed by atoms with van der Waals surface area (Å²) in [5.74, 6) is 0. The Balaban J connectivity index is 1.70. The molecule has 1 fully saturated rings. The van der Waals surface area contributed by atoms with Gasteiger partial charge in [0.1, 0.15) is 0 Å². The lowest BCUT2D eigenvalue weighted by Crippen LogP contribution is -2.30. The molecule has 0 aromatic heterocycles. The normalized spacial score (nSPS) is 14.4. The second-order valence-corrected chi connectivity index (χ2v) is 5.73. The van der Waals surface area contributed by atoms with Gasteiger partial charge < -0.3 is 10.2 Å². The minimum Gasteiger partial charge on any atom is -0.379 e. The molecule has 3 heteroatoms. The van der Waals surface area contributed by atoms with Crippen LogP contribution in [0.2, 0.25) is 0 Å². The molecule has 0 atom stereocenters. The van der Waals surface area contributed by atoms with Gasteiger partial charge in [-0.2, -0.15) is 5.26 Å². The summed E-state index contributed by atoms with van der Waals surface area (Å²) in [5.41, 5.74) is 4.38. The van der Waals surface area contributed by atoms with Gasteiger partial charge in [0.2, 0.25) is 0 Å². The van der Waals surface area contributed by atoms with Crippen LogP contribution in [0.3, 0.4) is 0 Å². The lowest BCUT2D eigenvalue weighted by molar-refractivity contribution is 0.578. The highest BCUT2D eigenvalue weighted by Crippen LogP contribution is 2.28. The molecule has 0 amide bonds. The van der Waals surface area contributed by atoms with Gasteiger partial charge in [-0.15, -0.1) is 0 Å². The van der Waals surface area contributed by atoms with E-state index in [9.17, 15) is 0 Å². The molecule has 22 heavy (non-hydrogen) atoms. The summed E-state index contributed by atoms with van der Waals surface area (Å²) in [6.07, 6.45) is 3.91. The Bertz CT molecular complexity index is 649. The van der Waals surface area contributed by atoms with Gasteiger partial charge in [-0.25, -0.2) is 0 Å². The minimum absolute atomic E-state index is 0.706. The molecule has 0 bridgehead atoms. The Labute approximate surface area is 132 Å². The van der Waals surface area contributed by atoms with Crippen LogP contribution in [0.5, 0.6) is 0 Å². The van der Waals surface area contributed by atoms with E-state index in [2.05, 4.69) is 40.6 Å². The van der Waals surface area contributed by atoms with Gasteiger partial charge in [-0.3, -0.25) is 0 Å². The second-order valence-electron chi connectivity index (χ2n) is 5.73. The van der Waals surface area contributed by atoms with Gasteiger partial charge in [-0.05, 0) is 49.1 Å². The van der Waals surface area contributed by atoms with Gasteiger partial charge in [0.15, 0.2) is 0 Å². The Morgan fingerprint density at radius 1 is 0.955 bits per heavy atom. The molecule has 0 unspecified atom stereocenters. The molecule has 0 spiro atoms. The summed E-state index contributed by atoms with van der Waals surface area (Å²) >= 11 is 0. The van der Waals surface area contributed by atoms with E-state index in [0.29, 0.717) is 5.56 Å². The molecule has 3 rings (SSSR count). The van der Waals surface area contributed by atoms with Crippen LogP contribution in [0.15, 0.2) is 48.5 Å². The maximum atomic E-state index is 8.85. The third kappa shape index (κ3) is 3.40. The Kier molecular flexibility index (Phi) is 4.60. The number of benzene rings is 2. The lowest BCUT2D eigenvalue weighted by Gasteiger charge is -2.30. The predicted molar refractivity (Wildman–Crippen MR) is 91.0 cm³/mol. The maximum Gasteiger partial charge on any atom is 0.0991 e. The lowest BCUT2D eigenvalue weighted by atomic mass is 10.1. The van der Waals surface area contributed by atoms with Crippen molar-refractivity contribution in [1.82, 2.24) is 0 Å². The fraction of sp³-hybridized carbons (Fsp3) is 0.316. The van der Waals surface area contributed by atoms with Gasteiger partial charge in [0.05, 0.1) is 23.0 Å². The molecule has 2 aromatic carbocycles. The van der Waals surface area contributed by atoms with Crippen molar-refractivity contribution in [3.05, 3.63) is 59.7 Å². The summed E-state index contributed by atoms with van der Waals surface area (Å²) in [5, 5.41) is 12.4. The molecule has 1 aliphatic rings. The largest absolute Gasteiger partial charge is 0.379 e. The number of piperidine rings is 1. The van der Waals surface area contributed by atoms with Crippen LogP contribution in [-0.4, -0.2) is 13.1 Å². The monoisotopic (exact) mass is 291 g/mol. The molecule has 1 N–H and O–H groups in total. The molecule has 0 radical (unpaired) electrons. The smallest absolute Gasteiger partial charge is 0.0991 e. The highest BCUT2D eigenvalue weighted by Gasteiger charge is 2.13. The number of nitriles is 1. The number of hydrogen-bond donors (Lipinski definition) is 1. The fourth-order valence-electron chi connectivity index (χ4n) is 2.93. The van der Waals surface area contributed by atoms with Crippen molar-refractivity contribution in [2.45, 2.75) is 25.8 Å². The maximum absolute atomic E-state index is 8.85. The molecule has 0 saturated carbocycles. The Morgan fingerprint density at radius 3 is 2.41 bits per heavy atom. The first-order chi connectivity index (χ1) is 10.9. The van der Waals surface area contributed by atoms with E-state index in [0.717, 1.165) is 19.6 Å². The van der Waals surface area contributed by atoms with Crippen molar-refractivity contribution in [1.29, 1.82) is 5.26 Å². The molecule has 1 heterocycles. The Hall–Kier alpha value is -2.47. The third-order valence-corrected chi connectivity index (χ3v) is 4.17. The molecule has 112 valence electrons. The first-order valence-electron chi connectivity index (χ1n) is 7.94. The molecule has 1 aliphatic heterocycles. The van der Waals surface area contributed by atoms with Gasteiger partial charge in [-0.1, -0.05) is 24.3 Å². The molecule has 0 aliphatic carbocycles. The SMILES string of the molecule is N#Cc1ccc(CNc2ccccc2N2CCCCC2)cc1. The van der Waals surface area contributed by atoms with Crippen LogP contribution in [0.25, 0.3) is 0 Å². The topological polar surface area (TPSA) is 39.1 Å². The van der Waals surface area contributed by atoms with E-state index in [1.54, 1.807) is 0 Å². The zero-order valence-electron chi connectivity index (χ0n) is 12.8. The fourth-order valence-corrected chi connectivity index (χ4v) is 2.93. The molecular formula is C19H21N3. The molecule has 1 saturated heterocycles. The van der Waals surface area contributed by atoms with E-state index in [4.69, 9.17) is 5.26 Å². The summed E-state index contributed by atoms with van der Waals surface area (Å²) in [4.78, 5) is 2.48. The quantitative estimate of drug-likeness (QED) is 0.919. The summed E-state index contributed by atoms with van der Waals surface area (Å²) in [6.45, 7) is 3.07. The van der Waals surface area contributed by atoms with Crippen molar-refractivity contribution in [2.24, 2.45) is 0 Å². The van der Waals surface area contributed by atoms with Crippen molar-refractivity contribution < 1.29 is 0 Å². The second kappa shape index (κ2) is 7.00. The summed E-state index contributed by atoms with van der Waals surface area (Å²) in [6, 6.07) is 18.4. The van der Waals surface area contributed by atoms with Crippen molar-refractivity contribution in [3.8, 4) is 6.07 Å². The van der Waals surface area contributed by atoms with Crippen molar-refractivity contribution >= 4 is 11.4 Å². The molecule has 3 nitrogen and oxygen atoms in total. The van der Waals surface area contributed by atoms with Crippen molar-refractivity contribution in [2.75, 3.05) is 23.3 Å². The zero-order valence-corrected chi connectivity index (χ0v) is 12.8. The van der Waals surface area contributed by atoms with Crippen LogP contribution in [0.1, 0.15) is 30.4 Å². The van der Waals surface area contributed by atoms with Crippen molar-refractivity contribution in [3.63, 3.8) is 0 Å². The number of hydrogen-bond acceptors (Lipinski definition) is 3. The van der Waals surface area contributed by atoms with E-state index < -0.39 is 0 Å². The average Bonchev–Trinajstić information content (AvgIpc) is 2.61. The predicted octanol–water partition coefficient (Wildman–Crippen LogP) is 4.16. The van der Waals surface area contributed by atoms with Gasteiger partial charge in [0, 0.05) is 19.6 Å². The first kappa shape index (κ1) is 14.5. The van der Waals surface area contributed by atoms with Crippen LogP contribution in [0.4, 0.5) is 11.4 Å². The van der Waals surface area contributed by atoms with E-state index in [1.807, 2.05) is 24.3 Å². The molecular weight excluding hydrogens is 270 g/mol. The third-order valence-electron chi connectivity index (χ3n) is 4.17. The highest BCUT2D eigenvalue weighted by molar-refractivity contribution is 5.70. The van der Waals surface area contributed by atoms with E-state index >= 15 is 0 Å². The standard InChI is InChI=1S/C19H21N3/c20-14-16-8-10-17(11-9-16)15-21-18-6-2-3-7-19(18)22-12-4-1-5-13-22/h2-3,6-11,21H,1,4-5,12-13,15H2. The number of nitrogens with one attached hydrogen (secondary N) is 1. The summed E-state index contributed by atoms with van der Waals surface area (Å²) in [7, 11) is 0. The van der Waals surface area contributed by atoms with Crippen LogP contribution in [0, 0.1) is 11.3 Å². The Morgan fingerprint density at radius 2 is 1.68 bits per heavy atom. The average molecular weight is 291 g/mol. The molecule has 2 aromatic rings. The van der Waals surface area contributed by atoms with E-state index in [-0.39, 0.29) is 0 Å². The number of rotatable bonds is 4. The number of anilines is 2. The van der Waals surface area contributed by atoms with E-state index in [1.165, 1.54) is 36.2 Å². The van der Waals surface area contributed by atoms with Gasteiger partial charge >= 0.3 is 0 Å². The summed E-state index contributed by atoms with van der Waals surface area (Å²) < 4.78 is 0.